The Hall–Kier alpha value is -2.69. The van der Waals surface area contributed by atoms with Crippen molar-refractivity contribution < 1.29 is 19.0 Å². The lowest BCUT2D eigenvalue weighted by molar-refractivity contribution is -0.123. The van der Waals surface area contributed by atoms with Gasteiger partial charge in [0, 0.05) is 0 Å². The zero-order chi connectivity index (χ0) is 17.4. The lowest BCUT2D eigenvalue weighted by Gasteiger charge is -2.13. The molecular formula is C19H23NO4. The Kier molecular flexibility index (Phi) is 6.49. The van der Waals surface area contributed by atoms with Crippen LogP contribution >= 0.6 is 0 Å². The average Bonchev–Trinajstić information content (AvgIpc) is 2.59. The lowest BCUT2D eigenvalue weighted by Crippen LogP contribution is -2.32. The minimum absolute atomic E-state index is 0.0657. The van der Waals surface area contributed by atoms with Crippen LogP contribution in [0.5, 0.6) is 17.2 Å². The second-order valence-electron chi connectivity index (χ2n) is 5.36. The van der Waals surface area contributed by atoms with Crippen molar-refractivity contribution in [3.63, 3.8) is 0 Å². The molecule has 0 aliphatic carbocycles. The van der Waals surface area contributed by atoms with Gasteiger partial charge in [0.05, 0.1) is 13.7 Å². The smallest absolute Gasteiger partial charge is 0.258 e. The number of methoxy groups -OCH3 is 1. The van der Waals surface area contributed by atoms with Gasteiger partial charge in [0.1, 0.15) is 12.4 Å². The Morgan fingerprint density at radius 2 is 1.62 bits per heavy atom. The highest BCUT2D eigenvalue weighted by molar-refractivity contribution is 5.77. The highest BCUT2D eigenvalue weighted by Gasteiger charge is 2.07. The van der Waals surface area contributed by atoms with Crippen molar-refractivity contribution >= 4 is 5.91 Å². The third-order valence-electron chi connectivity index (χ3n) is 3.51. The number of amides is 1. The van der Waals surface area contributed by atoms with E-state index in [1.807, 2.05) is 44.2 Å². The SMILES string of the molecule is COc1ccccc1OCC(=O)NCCOc1c(C)cccc1C. The van der Waals surface area contributed by atoms with Crippen LogP contribution in [0.1, 0.15) is 11.1 Å². The van der Waals surface area contributed by atoms with Gasteiger partial charge in [0.25, 0.3) is 5.91 Å². The van der Waals surface area contributed by atoms with Crippen LogP contribution in [0.3, 0.4) is 0 Å². The van der Waals surface area contributed by atoms with Gasteiger partial charge < -0.3 is 19.5 Å². The average molecular weight is 329 g/mol. The fourth-order valence-electron chi connectivity index (χ4n) is 2.30. The Morgan fingerprint density at radius 3 is 2.29 bits per heavy atom. The van der Waals surface area contributed by atoms with Crippen molar-refractivity contribution in [2.75, 3.05) is 26.9 Å². The van der Waals surface area contributed by atoms with Gasteiger partial charge in [-0.15, -0.1) is 0 Å². The first-order valence-electron chi connectivity index (χ1n) is 7.83. The van der Waals surface area contributed by atoms with E-state index in [0.29, 0.717) is 24.7 Å². The Bertz CT molecular complexity index is 665. The van der Waals surface area contributed by atoms with E-state index in [2.05, 4.69) is 5.32 Å². The summed E-state index contributed by atoms with van der Waals surface area (Å²) in [6.45, 7) is 4.77. The maximum atomic E-state index is 11.8. The van der Waals surface area contributed by atoms with Crippen LogP contribution in [0.4, 0.5) is 0 Å². The third kappa shape index (κ3) is 4.91. The van der Waals surface area contributed by atoms with Crippen LogP contribution in [-0.2, 0) is 4.79 Å². The van der Waals surface area contributed by atoms with Crippen LogP contribution in [0, 0.1) is 13.8 Å². The number of aryl methyl sites for hydroxylation is 2. The molecule has 0 bridgehead atoms. The molecule has 24 heavy (non-hydrogen) atoms. The highest BCUT2D eigenvalue weighted by Crippen LogP contribution is 2.25. The zero-order valence-corrected chi connectivity index (χ0v) is 14.3. The van der Waals surface area contributed by atoms with Crippen molar-refractivity contribution in [3.05, 3.63) is 53.6 Å². The molecule has 0 saturated heterocycles. The Labute approximate surface area is 142 Å². The number of hydrogen-bond acceptors (Lipinski definition) is 4. The van der Waals surface area contributed by atoms with E-state index in [1.165, 1.54) is 0 Å². The van der Waals surface area contributed by atoms with Crippen molar-refractivity contribution in [3.8, 4) is 17.2 Å². The molecule has 1 N–H and O–H groups in total. The topological polar surface area (TPSA) is 56.8 Å². The molecule has 0 aliphatic heterocycles. The molecule has 0 fully saturated rings. The Morgan fingerprint density at radius 1 is 0.958 bits per heavy atom. The summed E-state index contributed by atoms with van der Waals surface area (Å²) < 4.78 is 16.4. The summed E-state index contributed by atoms with van der Waals surface area (Å²) in [5.74, 6) is 1.81. The maximum absolute atomic E-state index is 11.8. The van der Waals surface area contributed by atoms with Gasteiger partial charge in [-0.2, -0.15) is 0 Å². The third-order valence-corrected chi connectivity index (χ3v) is 3.51. The number of carbonyl (C=O) groups is 1. The first-order chi connectivity index (χ1) is 11.6. The van der Waals surface area contributed by atoms with Gasteiger partial charge in [0.2, 0.25) is 0 Å². The minimum atomic E-state index is -0.203. The predicted octanol–water partition coefficient (Wildman–Crippen LogP) is 2.89. The van der Waals surface area contributed by atoms with Gasteiger partial charge in [0.15, 0.2) is 18.1 Å². The van der Waals surface area contributed by atoms with E-state index in [9.17, 15) is 4.79 Å². The first kappa shape index (κ1) is 17.7. The molecule has 0 saturated carbocycles. The molecular weight excluding hydrogens is 306 g/mol. The molecule has 0 heterocycles. The molecule has 0 spiro atoms. The maximum Gasteiger partial charge on any atom is 0.258 e. The fraction of sp³-hybridized carbons (Fsp3) is 0.316. The van der Waals surface area contributed by atoms with Crippen molar-refractivity contribution in [2.24, 2.45) is 0 Å². The van der Waals surface area contributed by atoms with Gasteiger partial charge in [-0.3, -0.25) is 4.79 Å². The quantitative estimate of drug-likeness (QED) is 0.757. The highest BCUT2D eigenvalue weighted by atomic mass is 16.5. The normalized spacial score (nSPS) is 10.1. The predicted molar refractivity (Wildman–Crippen MR) is 92.9 cm³/mol. The molecule has 2 rings (SSSR count). The molecule has 128 valence electrons. The molecule has 0 unspecified atom stereocenters. The molecule has 0 aromatic heterocycles. The van der Waals surface area contributed by atoms with Crippen molar-refractivity contribution in [1.82, 2.24) is 5.32 Å². The van der Waals surface area contributed by atoms with E-state index in [-0.39, 0.29) is 12.5 Å². The summed E-state index contributed by atoms with van der Waals surface area (Å²) in [5.41, 5.74) is 2.17. The summed E-state index contributed by atoms with van der Waals surface area (Å²) >= 11 is 0. The van der Waals surface area contributed by atoms with E-state index >= 15 is 0 Å². The van der Waals surface area contributed by atoms with Gasteiger partial charge in [-0.05, 0) is 37.1 Å². The standard InChI is InChI=1S/C19H23NO4/c1-14-7-6-8-15(2)19(14)23-12-11-20-18(21)13-24-17-10-5-4-9-16(17)22-3/h4-10H,11-13H2,1-3H3,(H,20,21). The van der Waals surface area contributed by atoms with Crippen LogP contribution in [0.15, 0.2) is 42.5 Å². The first-order valence-corrected chi connectivity index (χ1v) is 7.83. The molecule has 0 atom stereocenters. The van der Waals surface area contributed by atoms with E-state index in [4.69, 9.17) is 14.2 Å². The van der Waals surface area contributed by atoms with E-state index in [1.54, 1.807) is 19.2 Å². The summed E-state index contributed by atoms with van der Waals surface area (Å²) in [4.78, 5) is 11.8. The van der Waals surface area contributed by atoms with E-state index in [0.717, 1.165) is 16.9 Å². The molecule has 1 amide bonds. The fourth-order valence-corrected chi connectivity index (χ4v) is 2.30. The largest absolute Gasteiger partial charge is 0.493 e. The minimum Gasteiger partial charge on any atom is -0.493 e. The van der Waals surface area contributed by atoms with Crippen LogP contribution in [0.25, 0.3) is 0 Å². The van der Waals surface area contributed by atoms with E-state index < -0.39 is 0 Å². The number of hydrogen-bond donors (Lipinski definition) is 1. The number of ether oxygens (including phenoxy) is 3. The van der Waals surface area contributed by atoms with Crippen LogP contribution < -0.4 is 19.5 Å². The second-order valence-corrected chi connectivity index (χ2v) is 5.36. The van der Waals surface area contributed by atoms with Gasteiger partial charge in [-0.1, -0.05) is 30.3 Å². The molecule has 2 aromatic rings. The lowest BCUT2D eigenvalue weighted by atomic mass is 10.1. The monoisotopic (exact) mass is 329 g/mol. The molecule has 5 heteroatoms. The number of nitrogens with one attached hydrogen (secondary N) is 1. The number of benzene rings is 2. The van der Waals surface area contributed by atoms with Gasteiger partial charge >= 0.3 is 0 Å². The van der Waals surface area contributed by atoms with Crippen LogP contribution in [-0.4, -0.2) is 32.8 Å². The van der Waals surface area contributed by atoms with Crippen LogP contribution in [0.2, 0.25) is 0 Å². The summed E-state index contributed by atoms with van der Waals surface area (Å²) in [6.07, 6.45) is 0. The molecule has 5 nitrogen and oxygen atoms in total. The van der Waals surface area contributed by atoms with Crippen molar-refractivity contribution in [2.45, 2.75) is 13.8 Å². The molecule has 0 aliphatic rings. The van der Waals surface area contributed by atoms with Gasteiger partial charge in [-0.25, -0.2) is 0 Å². The summed E-state index contributed by atoms with van der Waals surface area (Å²) in [5, 5.41) is 2.77. The van der Waals surface area contributed by atoms with Crippen molar-refractivity contribution in [1.29, 1.82) is 0 Å². The molecule has 0 radical (unpaired) electrons. The number of carbonyl (C=O) groups excluding carboxylic acids is 1. The number of para-hydroxylation sites is 3. The number of rotatable bonds is 8. The summed E-state index contributed by atoms with van der Waals surface area (Å²) in [7, 11) is 1.56. The molecule has 2 aromatic carbocycles. The Balaban J connectivity index is 1.72. The second kappa shape index (κ2) is 8.82. The zero-order valence-electron chi connectivity index (χ0n) is 14.3. The summed E-state index contributed by atoms with van der Waals surface area (Å²) in [6, 6.07) is 13.2.